The third kappa shape index (κ3) is 4.96. The lowest BCUT2D eigenvalue weighted by Gasteiger charge is -2.22. The molecule has 0 atom stereocenters. The minimum atomic E-state index is 0.731. The summed E-state index contributed by atoms with van der Waals surface area (Å²) in [7, 11) is 0. The average molecular weight is 252 g/mol. The Balaban J connectivity index is 1.51. The van der Waals surface area contributed by atoms with Crippen molar-refractivity contribution in [2.24, 2.45) is 0 Å². The van der Waals surface area contributed by atoms with Gasteiger partial charge in [0.1, 0.15) is 5.75 Å². The summed E-state index contributed by atoms with van der Waals surface area (Å²) >= 11 is 2.07. The Labute approximate surface area is 107 Å². The number of aromatic nitrogens is 1. The van der Waals surface area contributed by atoms with Crippen molar-refractivity contribution >= 4 is 11.8 Å². The molecule has 0 radical (unpaired) electrons. The zero-order valence-electron chi connectivity index (χ0n) is 10.1. The molecule has 1 saturated heterocycles. The molecule has 94 valence electrons. The standard InChI is InChI=1S/C13H20N2OS/c1-3-13(11-14-6-1)16-8-2-7-15-12-4-9-17-10-5-12/h1,3,6,11-12,15H,2,4-5,7-10H2. The highest BCUT2D eigenvalue weighted by Gasteiger charge is 2.11. The highest BCUT2D eigenvalue weighted by atomic mass is 32.2. The molecule has 1 aromatic rings. The van der Waals surface area contributed by atoms with Crippen LogP contribution >= 0.6 is 11.8 Å². The van der Waals surface area contributed by atoms with E-state index in [0.717, 1.165) is 31.4 Å². The van der Waals surface area contributed by atoms with Crippen molar-refractivity contribution in [1.82, 2.24) is 10.3 Å². The normalized spacial score (nSPS) is 16.9. The van der Waals surface area contributed by atoms with Crippen molar-refractivity contribution in [3.05, 3.63) is 24.5 Å². The van der Waals surface area contributed by atoms with Gasteiger partial charge in [-0.3, -0.25) is 4.98 Å². The third-order valence-corrected chi connectivity index (χ3v) is 3.93. The van der Waals surface area contributed by atoms with Crippen LogP contribution in [0.1, 0.15) is 19.3 Å². The zero-order chi connectivity index (χ0) is 11.8. The number of pyridine rings is 1. The first-order chi connectivity index (χ1) is 8.45. The van der Waals surface area contributed by atoms with Gasteiger partial charge in [-0.25, -0.2) is 0 Å². The summed E-state index contributed by atoms with van der Waals surface area (Å²) in [5, 5.41) is 3.60. The molecular formula is C13H20N2OS. The molecule has 1 aliphatic rings. The van der Waals surface area contributed by atoms with E-state index in [1.165, 1.54) is 24.3 Å². The molecule has 0 saturated carbocycles. The van der Waals surface area contributed by atoms with E-state index in [4.69, 9.17) is 4.74 Å². The van der Waals surface area contributed by atoms with Gasteiger partial charge in [0.15, 0.2) is 0 Å². The van der Waals surface area contributed by atoms with Gasteiger partial charge in [-0.15, -0.1) is 0 Å². The molecule has 0 spiro atoms. The van der Waals surface area contributed by atoms with Crippen LogP contribution in [0.25, 0.3) is 0 Å². The molecule has 17 heavy (non-hydrogen) atoms. The molecule has 1 fully saturated rings. The number of hydrogen-bond acceptors (Lipinski definition) is 4. The number of nitrogens with zero attached hydrogens (tertiary/aromatic N) is 1. The molecule has 0 amide bonds. The predicted octanol–water partition coefficient (Wildman–Crippen LogP) is 2.34. The fourth-order valence-electron chi connectivity index (χ4n) is 1.90. The SMILES string of the molecule is c1cncc(OCCCNC2CCSCC2)c1. The van der Waals surface area contributed by atoms with Gasteiger partial charge in [0.25, 0.3) is 0 Å². The number of rotatable bonds is 6. The second-order valence-corrected chi connectivity index (χ2v) is 5.46. The van der Waals surface area contributed by atoms with Crippen LogP contribution in [0.5, 0.6) is 5.75 Å². The van der Waals surface area contributed by atoms with Crippen LogP contribution in [0.4, 0.5) is 0 Å². The summed E-state index contributed by atoms with van der Waals surface area (Å²) in [5.41, 5.74) is 0. The maximum Gasteiger partial charge on any atom is 0.137 e. The van der Waals surface area contributed by atoms with Gasteiger partial charge < -0.3 is 10.1 Å². The van der Waals surface area contributed by atoms with Gasteiger partial charge in [-0.05, 0) is 49.4 Å². The lowest BCUT2D eigenvalue weighted by atomic mass is 10.1. The number of thioether (sulfide) groups is 1. The highest BCUT2D eigenvalue weighted by molar-refractivity contribution is 7.99. The summed E-state index contributed by atoms with van der Waals surface area (Å²) in [6.07, 6.45) is 7.20. The van der Waals surface area contributed by atoms with Crippen molar-refractivity contribution in [3.63, 3.8) is 0 Å². The Morgan fingerprint density at radius 2 is 2.29 bits per heavy atom. The molecule has 0 aliphatic carbocycles. The van der Waals surface area contributed by atoms with E-state index in [1.807, 2.05) is 12.1 Å². The van der Waals surface area contributed by atoms with Crippen LogP contribution in [-0.2, 0) is 0 Å². The maximum atomic E-state index is 5.59. The molecule has 1 N–H and O–H groups in total. The zero-order valence-corrected chi connectivity index (χ0v) is 10.9. The second-order valence-electron chi connectivity index (χ2n) is 4.23. The van der Waals surface area contributed by atoms with E-state index in [0.29, 0.717) is 0 Å². The van der Waals surface area contributed by atoms with Crippen LogP contribution < -0.4 is 10.1 Å². The van der Waals surface area contributed by atoms with Crippen LogP contribution in [0.15, 0.2) is 24.5 Å². The van der Waals surface area contributed by atoms with Gasteiger partial charge in [0.2, 0.25) is 0 Å². The van der Waals surface area contributed by atoms with E-state index in [9.17, 15) is 0 Å². The molecule has 1 aromatic heterocycles. The summed E-state index contributed by atoms with van der Waals surface area (Å²) in [4.78, 5) is 4.01. The Hall–Kier alpha value is -0.740. The first-order valence-electron chi connectivity index (χ1n) is 6.29. The first-order valence-corrected chi connectivity index (χ1v) is 7.44. The van der Waals surface area contributed by atoms with E-state index in [1.54, 1.807) is 12.4 Å². The van der Waals surface area contributed by atoms with E-state index < -0.39 is 0 Å². The molecular weight excluding hydrogens is 232 g/mol. The Morgan fingerprint density at radius 1 is 1.41 bits per heavy atom. The van der Waals surface area contributed by atoms with Crippen molar-refractivity contribution < 1.29 is 4.74 Å². The third-order valence-electron chi connectivity index (χ3n) is 2.88. The molecule has 1 aliphatic heterocycles. The number of nitrogens with one attached hydrogen (secondary N) is 1. The molecule has 0 aromatic carbocycles. The van der Waals surface area contributed by atoms with E-state index >= 15 is 0 Å². The summed E-state index contributed by atoms with van der Waals surface area (Å²) in [6.45, 7) is 1.82. The fourth-order valence-corrected chi connectivity index (χ4v) is 3.01. The van der Waals surface area contributed by atoms with Crippen LogP contribution in [0.3, 0.4) is 0 Å². The topological polar surface area (TPSA) is 34.1 Å². The number of hydrogen-bond donors (Lipinski definition) is 1. The molecule has 3 nitrogen and oxygen atoms in total. The van der Waals surface area contributed by atoms with Gasteiger partial charge in [-0.2, -0.15) is 11.8 Å². The molecule has 2 heterocycles. The van der Waals surface area contributed by atoms with Gasteiger partial charge in [-0.1, -0.05) is 0 Å². The summed E-state index contributed by atoms with van der Waals surface area (Å²) in [6, 6.07) is 4.57. The van der Waals surface area contributed by atoms with Gasteiger partial charge in [0.05, 0.1) is 12.8 Å². The molecule has 4 heteroatoms. The highest BCUT2D eigenvalue weighted by Crippen LogP contribution is 2.16. The van der Waals surface area contributed by atoms with Crippen molar-refractivity contribution in [2.45, 2.75) is 25.3 Å². The van der Waals surface area contributed by atoms with Gasteiger partial charge >= 0.3 is 0 Å². The van der Waals surface area contributed by atoms with Gasteiger partial charge in [0, 0.05) is 12.2 Å². The average Bonchev–Trinajstić information content (AvgIpc) is 2.41. The van der Waals surface area contributed by atoms with E-state index in [2.05, 4.69) is 22.1 Å². The molecule has 0 bridgehead atoms. The summed E-state index contributed by atoms with van der Waals surface area (Å²) < 4.78 is 5.59. The molecule has 2 rings (SSSR count). The minimum Gasteiger partial charge on any atom is -0.492 e. The lowest BCUT2D eigenvalue weighted by molar-refractivity contribution is 0.302. The van der Waals surface area contributed by atoms with Crippen LogP contribution in [0, 0.1) is 0 Å². The second kappa shape index (κ2) is 7.56. The van der Waals surface area contributed by atoms with E-state index in [-0.39, 0.29) is 0 Å². The van der Waals surface area contributed by atoms with Crippen molar-refractivity contribution in [3.8, 4) is 5.75 Å². The summed E-state index contributed by atoms with van der Waals surface area (Å²) in [5.74, 6) is 3.48. The Bertz CT molecular complexity index is 302. The van der Waals surface area contributed by atoms with Crippen molar-refractivity contribution in [2.75, 3.05) is 24.7 Å². The predicted molar refractivity (Wildman–Crippen MR) is 72.7 cm³/mol. The Morgan fingerprint density at radius 3 is 3.06 bits per heavy atom. The first kappa shape index (κ1) is 12.7. The maximum absolute atomic E-state index is 5.59. The van der Waals surface area contributed by atoms with Crippen LogP contribution in [0.2, 0.25) is 0 Å². The monoisotopic (exact) mass is 252 g/mol. The van der Waals surface area contributed by atoms with Crippen molar-refractivity contribution in [1.29, 1.82) is 0 Å². The quantitative estimate of drug-likeness (QED) is 0.788. The largest absolute Gasteiger partial charge is 0.492 e. The van der Waals surface area contributed by atoms with Crippen LogP contribution in [-0.4, -0.2) is 35.7 Å². The smallest absolute Gasteiger partial charge is 0.137 e. The molecule has 0 unspecified atom stereocenters. The minimum absolute atomic E-state index is 0.731. The lowest BCUT2D eigenvalue weighted by Crippen LogP contribution is -2.33. The fraction of sp³-hybridized carbons (Fsp3) is 0.615. The number of ether oxygens (including phenoxy) is 1. The Kier molecular flexibility index (Phi) is 5.65.